The highest BCUT2D eigenvalue weighted by atomic mass is 16.3. The predicted octanol–water partition coefficient (Wildman–Crippen LogP) is 4.27. The zero-order valence-corrected chi connectivity index (χ0v) is 14.6. The summed E-state index contributed by atoms with van der Waals surface area (Å²) in [6.45, 7) is 6.89. The quantitative estimate of drug-likeness (QED) is 0.640. The van der Waals surface area contributed by atoms with Gasteiger partial charge in [0.2, 0.25) is 5.95 Å². The summed E-state index contributed by atoms with van der Waals surface area (Å²) in [5.74, 6) is 2.16. The molecule has 0 bridgehead atoms. The van der Waals surface area contributed by atoms with Crippen molar-refractivity contribution in [2.24, 2.45) is 0 Å². The van der Waals surface area contributed by atoms with Gasteiger partial charge in [-0.15, -0.1) is 0 Å². The van der Waals surface area contributed by atoms with E-state index in [1.165, 1.54) is 5.69 Å². The fourth-order valence-corrected chi connectivity index (χ4v) is 2.58. The third kappa shape index (κ3) is 4.50. The number of aromatic nitrogens is 2. The molecule has 0 aliphatic carbocycles. The van der Waals surface area contributed by atoms with E-state index in [2.05, 4.69) is 51.5 Å². The Hall–Kier alpha value is -3.02. The van der Waals surface area contributed by atoms with Crippen molar-refractivity contribution >= 4 is 23.1 Å². The van der Waals surface area contributed by atoms with E-state index in [1.807, 2.05) is 30.3 Å². The molecule has 0 atom stereocenters. The molecular weight excluding hydrogens is 314 g/mol. The smallest absolute Gasteiger partial charge is 0.229 e. The van der Waals surface area contributed by atoms with Gasteiger partial charge in [0.25, 0.3) is 0 Å². The summed E-state index contributed by atoms with van der Waals surface area (Å²) in [5, 5.41) is 6.46. The van der Waals surface area contributed by atoms with E-state index in [-0.39, 0.29) is 0 Å². The van der Waals surface area contributed by atoms with Crippen LogP contribution in [0.4, 0.5) is 23.1 Å². The SMILES string of the molecule is CCN(CC)c1ccc(Nc2nccc(NCc3ccco3)n2)cc1. The molecule has 2 aromatic heterocycles. The summed E-state index contributed by atoms with van der Waals surface area (Å²) in [6, 6.07) is 13.9. The molecule has 6 nitrogen and oxygen atoms in total. The monoisotopic (exact) mass is 337 g/mol. The lowest BCUT2D eigenvalue weighted by molar-refractivity contribution is 0.518. The van der Waals surface area contributed by atoms with E-state index >= 15 is 0 Å². The first-order valence-electron chi connectivity index (χ1n) is 8.49. The standard InChI is InChI=1S/C19H23N5O/c1-3-24(4-2)16-9-7-15(8-10-16)22-19-20-12-11-18(23-19)21-14-17-6-5-13-25-17/h5-13H,3-4,14H2,1-2H3,(H2,20,21,22,23). The summed E-state index contributed by atoms with van der Waals surface area (Å²) in [5.41, 5.74) is 2.17. The molecule has 0 aliphatic heterocycles. The van der Waals surface area contributed by atoms with Crippen molar-refractivity contribution < 1.29 is 4.42 Å². The van der Waals surface area contributed by atoms with Gasteiger partial charge in [0, 0.05) is 30.7 Å². The van der Waals surface area contributed by atoms with Crippen LogP contribution in [0.15, 0.2) is 59.3 Å². The number of nitrogens with one attached hydrogen (secondary N) is 2. The fraction of sp³-hybridized carbons (Fsp3) is 0.263. The van der Waals surface area contributed by atoms with E-state index < -0.39 is 0 Å². The second-order valence-corrected chi connectivity index (χ2v) is 5.54. The Morgan fingerprint density at radius 1 is 1.04 bits per heavy atom. The van der Waals surface area contributed by atoms with Crippen LogP contribution in [0, 0.1) is 0 Å². The van der Waals surface area contributed by atoms with Crippen molar-refractivity contribution in [3.05, 3.63) is 60.7 Å². The highest BCUT2D eigenvalue weighted by Gasteiger charge is 2.04. The molecule has 130 valence electrons. The van der Waals surface area contributed by atoms with Crippen LogP contribution in [0.25, 0.3) is 0 Å². The molecule has 3 aromatic rings. The molecular formula is C19H23N5O. The van der Waals surface area contributed by atoms with Crippen molar-refractivity contribution in [2.75, 3.05) is 28.6 Å². The first-order valence-corrected chi connectivity index (χ1v) is 8.49. The number of nitrogens with zero attached hydrogens (tertiary/aromatic N) is 3. The Kier molecular flexibility index (Phi) is 5.51. The first-order chi connectivity index (χ1) is 12.3. The van der Waals surface area contributed by atoms with Crippen LogP contribution in [0.1, 0.15) is 19.6 Å². The Morgan fingerprint density at radius 2 is 1.84 bits per heavy atom. The van der Waals surface area contributed by atoms with E-state index in [1.54, 1.807) is 12.5 Å². The lowest BCUT2D eigenvalue weighted by atomic mass is 10.2. The summed E-state index contributed by atoms with van der Waals surface area (Å²) >= 11 is 0. The molecule has 1 aromatic carbocycles. The van der Waals surface area contributed by atoms with Gasteiger partial charge in [0.15, 0.2) is 0 Å². The predicted molar refractivity (Wildman–Crippen MR) is 101 cm³/mol. The van der Waals surface area contributed by atoms with Gasteiger partial charge < -0.3 is 20.0 Å². The summed E-state index contributed by atoms with van der Waals surface area (Å²) in [4.78, 5) is 11.1. The van der Waals surface area contributed by atoms with E-state index in [0.717, 1.165) is 30.4 Å². The van der Waals surface area contributed by atoms with Crippen LogP contribution in [0.5, 0.6) is 0 Å². The maximum absolute atomic E-state index is 5.30. The topological polar surface area (TPSA) is 66.2 Å². The second-order valence-electron chi connectivity index (χ2n) is 5.54. The average molecular weight is 337 g/mol. The second kappa shape index (κ2) is 8.19. The Labute approximate surface area is 147 Å². The molecule has 0 spiro atoms. The Balaban J connectivity index is 1.63. The molecule has 3 rings (SSSR count). The maximum Gasteiger partial charge on any atom is 0.229 e. The minimum atomic E-state index is 0.556. The molecule has 2 heterocycles. The van der Waals surface area contributed by atoms with E-state index in [0.29, 0.717) is 12.5 Å². The van der Waals surface area contributed by atoms with Crippen molar-refractivity contribution in [3.63, 3.8) is 0 Å². The Bertz CT molecular complexity index is 767. The Morgan fingerprint density at radius 3 is 2.52 bits per heavy atom. The third-order valence-electron chi connectivity index (χ3n) is 3.93. The zero-order valence-electron chi connectivity index (χ0n) is 14.6. The summed E-state index contributed by atoms with van der Waals surface area (Å²) in [6.07, 6.45) is 3.38. The maximum atomic E-state index is 5.30. The molecule has 6 heteroatoms. The molecule has 25 heavy (non-hydrogen) atoms. The van der Waals surface area contributed by atoms with Crippen LogP contribution >= 0.6 is 0 Å². The minimum Gasteiger partial charge on any atom is -0.467 e. The zero-order chi connectivity index (χ0) is 17.5. The van der Waals surface area contributed by atoms with Crippen LogP contribution in [0.3, 0.4) is 0 Å². The highest BCUT2D eigenvalue weighted by molar-refractivity contribution is 5.59. The molecule has 2 N–H and O–H groups in total. The number of rotatable bonds is 8. The van der Waals surface area contributed by atoms with Crippen molar-refractivity contribution in [3.8, 4) is 0 Å². The highest BCUT2D eigenvalue weighted by Crippen LogP contribution is 2.20. The van der Waals surface area contributed by atoms with Crippen LogP contribution < -0.4 is 15.5 Å². The van der Waals surface area contributed by atoms with E-state index in [9.17, 15) is 0 Å². The molecule has 0 saturated carbocycles. The van der Waals surface area contributed by atoms with Gasteiger partial charge in [-0.25, -0.2) is 4.98 Å². The van der Waals surface area contributed by atoms with Crippen molar-refractivity contribution in [1.82, 2.24) is 9.97 Å². The van der Waals surface area contributed by atoms with Gasteiger partial charge in [0.05, 0.1) is 12.8 Å². The number of benzene rings is 1. The summed E-state index contributed by atoms with van der Waals surface area (Å²) < 4.78 is 5.30. The van der Waals surface area contributed by atoms with Crippen LogP contribution in [-0.4, -0.2) is 23.1 Å². The number of hydrogen-bond donors (Lipinski definition) is 2. The average Bonchev–Trinajstić information content (AvgIpc) is 3.16. The van der Waals surface area contributed by atoms with Gasteiger partial charge >= 0.3 is 0 Å². The number of furan rings is 1. The largest absolute Gasteiger partial charge is 0.467 e. The molecule has 0 radical (unpaired) electrons. The molecule has 0 aliphatic rings. The number of hydrogen-bond acceptors (Lipinski definition) is 6. The molecule has 0 fully saturated rings. The van der Waals surface area contributed by atoms with Crippen LogP contribution in [0.2, 0.25) is 0 Å². The van der Waals surface area contributed by atoms with Gasteiger partial charge in [0.1, 0.15) is 11.6 Å². The molecule has 0 saturated heterocycles. The summed E-state index contributed by atoms with van der Waals surface area (Å²) in [7, 11) is 0. The van der Waals surface area contributed by atoms with Gasteiger partial charge in [-0.2, -0.15) is 4.98 Å². The van der Waals surface area contributed by atoms with Crippen LogP contribution in [-0.2, 0) is 6.54 Å². The lowest BCUT2D eigenvalue weighted by Gasteiger charge is -2.21. The normalized spacial score (nSPS) is 10.5. The third-order valence-corrected chi connectivity index (χ3v) is 3.93. The van der Waals surface area contributed by atoms with Gasteiger partial charge in [-0.05, 0) is 56.3 Å². The first kappa shape index (κ1) is 16.8. The molecule has 0 amide bonds. The van der Waals surface area contributed by atoms with Crippen molar-refractivity contribution in [1.29, 1.82) is 0 Å². The van der Waals surface area contributed by atoms with Gasteiger partial charge in [-0.1, -0.05) is 0 Å². The minimum absolute atomic E-state index is 0.556. The number of anilines is 4. The molecule has 0 unspecified atom stereocenters. The lowest BCUT2D eigenvalue weighted by Crippen LogP contribution is -2.21. The van der Waals surface area contributed by atoms with Gasteiger partial charge in [-0.3, -0.25) is 0 Å². The fourth-order valence-electron chi connectivity index (χ4n) is 2.58. The van der Waals surface area contributed by atoms with Crippen molar-refractivity contribution in [2.45, 2.75) is 20.4 Å². The van der Waals surface area contributed by atoms with E-state index in [4.69, 9.17) is 4.42 Å².